The first kappa shape index (κ1) is 11.8. The van der Waals surface area contributed by atoms with Crippen LogP contribution in [0.1, 0.15) is 0 Å². The Bertz CT molecular complexity index is 182. The van der Waals surface area contributed by atoms with Crippen LogP contribution in [0.5, 0.6) is 0 Å². The highest BCUT2D eigenvalue weighted by Gasteiger charge is 2.19. The smallest absolute Gasteiger partial charge is 0.237 e. The van der Waals surface area contributed by atoms with Gasteiger partial charge in [0.25, 0.3) is 0 Å². The van der Waals surface area contributed by atoms with E-state index in [1.807, 2.05) is 4.90 Å². The van der Waals surface area contributed by atoms with Gasteiger partial charge in [0.15, 0.2) is 0 Å². The van der Waals surface area contributed by atoms with Crippen LogP contribution in [0.15, 0.2) is 0 Å². The summed E-state index contributed by atoms with van der Waals surface area (Å²) in [6.07, 6.45) is 0. The molecule has 1 aliphatic rings. The summed E-state index contributed by atoms with van der Waals surface area (Å²) in [5, 5.41) is 0. The Morgan fingerprint density at radius 1 is 1.36 bits per heavy atom. The van der Waals surface area contributed by atoms with Crippen LogP contribution in [0.25, 0.3) is 0 Å². The van der Waals surface area contributed by atoms with Gasteiger partial charge in [-0.3, -0.25) is 9.69 Å². The Hall–Kier alpha value is -0.320. The maximum atomic E-state index is 11.2. The van der Waals surface area contributed by atoms with Gasteiger partial charge in [0.05, 0.1) is 6.61 Å². The Morgan fingerprint density at radius 2 is 2.00 bits per heavy atom. The predicted octanol–water partition coefficient (Wildman–Crippen LogP) is 0.0158. The quantitative estimate of drug-likeness (QED) is 0.626. The standard InChI is InChI=1S/C9H17ClN2O2/c1-14-7-6-11-2-4-12(5-3-11)9(13)8-10/h2-8H2,1H3. The van der Waals surface area contributed by atoms with Crippen LogP contribution in [0, 0.1) is 0 Å². The number of nitrogens with zero attached hydrogens (tertiary/aromatic N) is 2. The normalized spacial score (nSPS) is 18.6. The second-order valence-corrected chi connectivity index (χ2v) is 3.62. The van der Waals surface area contributed by atoms with Crippen LogP contribution in [0.2, 0.25) is 0 Å². The largest absolute Gasteiger partial charge is 0.383 e. The van der Waals surface area contributed by atoms with E-state index < -0.39 is 0 Å². The third-order valence-corrected chi connectivity index (χ3v) is 2.68. The van der Waals surface area contributed by atoms with E-state index in [9.17, 15) is 4.79 Å². The van der Waals surface area contributed by atoms with Gasteiger partial charge in [0.1, 0.15) is 5.88 Å². The molecule has 0 aromatic heterocycles. The molecule has 0 aliphatic carbocycles. The summed E-state index contributed by atoms with van der Waals surface area (Å²) in [5.41, 5.74) is 0. The minimum Gasteiger partial charge on any atom is -0.383 e. The van der Waals surface area contributed by atoms with Gasteiger partial charge in [-0.25, -0.2) is 0 Å². The van der Waals surface area contributed by atoms with Crippen molar-refractivity contribution in [3.63, 3.8) is 0 Å². The molecule has 5 heteroatoms. The first-order chi connectivity index (χ1) is 6.77. The Kier molecular flexibility index (Phi) is 5.22. The van der Waals surface area contributed by atoms with Gasteiger partial charge >= 0.3 is 0 Å². The lowest BCUT2D eigenvalue weighted by atomic mass is 10.3. The molecule has 0 aromatic rings. The molecule has 1 aliphatic heterocycles. The van der Waals surface area contributed by atoms with Crippen LogP contribution in [-0.2, 0) is 9.53 Å². The van der Waals surface area contributed by atoms with Crippen LogP contribution in [-0.4, -0.2) is 68.0 Å². The van der Waals surface area contributed by atoms with Crippen LogP contribution < -0.4 is 0 Å². The van der Waals surface area contributed by atoms with E-state index in [4.69, 9.17) is 16.3 Å². The van der Waals surface area contributed by atoms with Crippen molar-refractivity contribution < 1.29 is 9.53 Å². The molecule has 0 bridgehead atoms. The molecule has 1 fully saturated rings. The molecule has 14 heavy (non-hydrogen) atoms. The topological polar surface area (TPSA) is 32.8 Å². The molecule has 1 saturated heterocycles. The summed E-state index contributed by atoms with van der Waals surface area (Å²) in [5.74, 6) is 0.135. The fraction of sp³-hybridized carbons (Fsp3) is 0.889. The molecule has 0 unspecified atom stereocenters. The van der Waals surface area contributed by atoms with Gasteiger partial charge in [-0.05, 0) is 0 Å². The van der Waals surface area contributed by atoms with Crippen LogP contribution in [0.3, 0.4) is 0 Å². The van der Waals surface area contributed by atoms with Crippen molar-refractivity contribution in [3.8, 4) is 0 Å². The zero-order valence-electron chi connectivity index (χ0n) is 8.54. The third kappa shape index (κ3) is 3.44. The summed E-state index contributed by atoms with van der Waals surface area (Å²) >= 11 is 5.48. The first-order valence-corrected chi connectivity index (χ1v) is 5.36. The molecule has 1 rings (SSSR count). The monoisotopic (exact) mass is 220 g/mol. The molecule has 0 atom stereocenters. The predicted molar refractivity (Wildman–Crippen MR) is 55.6 cm³/mol. The highest BCUT2D eigenvalue weighted by Crippen LogP contribution is 2.02. The fourth-order valence-corrected chi connectivity index (χ4v) is 1.69. The molecule has 0 aromatic carbocycles. The first-order valence-electron chi connectivity index (χ1n) is 4.83. The number of rotatable bonds is 4. The molecule has 0 spiro atoms. The number of hydrogen-bond acceptors (Lipinski definition) is 3. The zero-order chi connectivity index (χ0) is 10.4. The Labute approximate surface area is 89.8 Å². The number of halogens is 1. The number of piperazine rings is 1. The number of alkyl halides is 1. The maximum absolute atomic E-state index is 11.2. The summed E-state index contributed by atoms with van der Waals surface area (Å²) in [6.45, 7) is 5.12. The molecule has 0 N–H and O–H groups in total. The average Bonchev–Trinajstić information content (AvgIpc) is 2.26. The average molecular weight is 221 g/mol. The highest BCUT2D eigenvalue weighted by molar-refractivity contribution is 6.27. The zero-order valence-corrected chi connectivity index (χ0v) is 9.29. The van der Waals surface area contributed by atoms with Gasteiger partial charge < -0.3 is 9.64 Å². The number of carbonyl (C=O) groups excluding carboxylic acids is 1. The van der Waals surface area contributed by atoms with Crippen molar-refractivity contribution in [2.75, 3.05) is 52.3 Å². The molecule has 4 nitrogen and oxygen atoms in total. The van der Waals surface area contributed by atoms with Gasteiger partial charge in [0.2, 0.25) is 5.91 Å². The molecular weight excluding hydrogens is 204 g/mol. The van der Waals surface area contributed by atoms with Crippen molar-refractivity contribution in [1.82, 2.24) is 9.80 Å². The molecule has 0 radical (unpaired) electrons. The molecule has 82 valence electrons. The second kappa shape index (κ2) is 6.22. The number of amides is 1. The lowest BCUT2D eigenvalue weighted by Crippen LogP contribution is -2.49. The fourth-order valence-electron chi connectivity index (χ4n) is 1.53. The van der Waals surface area contributed by atoms with E-state index in [-0.39, 0.29) is 11.8 Å². The van der Waals surface area contributed by atoms with E-state index in [1.165, 1.54) is 0 Å². The SMILES string of the molecule is COCCN1CCN(C(=O)CCl)CC1. The van der Waals surface area contributed by atoms with Crippen LogP contribution in [0.4, 0.5) is 0 Å². The second-order valence-electron chi connectivity index (χ2n) is 3.35. The van der Waals surface area contributed by atoms with E-state index in [1.54, 1.807) is 7.11 Å². The van der Waals surface area contributed by atoms with Gasteiger partial charge in [-0.15, -0.1) is 11.6 Å². The number of ether oxygens (including phenoxy) is 1. The van der Waals surface area contributed by atoms with Gasteiger partial charge in [0, 0.05) is 39.8 Å². The maximum Gasteiger partial charge on any atom is 0.237 e. The lowest BCUT2D eigenvalue weighted by Gasteiger charge is -2.34. The summed E-state index contributed by atoms with van der Waals surface area (Å²) < 4.78 is 5.00. The summed E-state index contributed by atoms with van der Waals surface area (Å²) in [7, 11) is 1.70. The molecular formula is C9H17ClN2O2. The Morgan fingerprint density at radius 3 is 2.50 bits per heavy atom. The van der Waals surface area contributed by atoms with Crippen molar-refractivity contribution in [2.24, 2.45) is 0 Å². The number of carbonyl (C=O) groups is 1. The molecule has 1 amide bonds. The molecule has 1 heterocycles. The van der Waals surface area contributed by atoms with Crippen molar-refractivity contribution in [3.05, 3.63) is 0 Å². The summed E-state index contributed by atoms with van der Waals surface area (Å²) in [6, 6.07) is 0. The number of hydrogen-bond donors (Lipinski definition) is 0. The van der Waals surface area contributed by atoms with E-state index in [0.717, 1.165) is 39.3 Å². The van der Waals surface area contributed by atoms with Crippen molar-refractivity contribution in [2.45, 2.75) is 0 Å². The third-order valence-electron chi connectivity index (χ3n) is 2.45. The van der Waals surface area contributed by atoms with E-state index >= 15 is 0 Å². The minimum absolute atomic E-state index is 0.0399. The number of methoxy groups -OCH3 is 1. The van der Waals surface area contributed by atoms with Crippen molar-refractivity contribution >= 4 is 17.5 Å². The Balaban J connectivity index is 2.20. The lowest BCUT2D eigenvalue weighted by molar-refractivity contribution is -0.130. The van der Waals surface area contributed by atoms with Crippen molar-refractivity contribution in [1.29, 1.82) is 0 Å². The molecule has 0 saturated carbocycles. The van der Waals surface area contributed by atoms with Gasteiger partial charge in [-0.1, -0.05) is 0 Å². The van der Waals surface area contributed by atoms with Gasteiger partial charge in [-0.2, -0.15) is 0 Å². The highest BCUT2D eigenvalue weighted by atomic mass is 35.5. The minimum atomic E-state index is 0.0399. The van der Waals surface area contributed by atoms with Crippen LogP contribution >= 0.6 is 11.6 Å². The summed E-state index contributed by atoms with van der Waals surface area (Å²) in [4.78, 5) is 15.3. The van der Waals surface area contributed by atoms with E-state index in [0.29, 0.717) is 0 Å². The van der Waals surface area contributed by atoms with E-state index in [2.05, 4.69) is 4.90 Å².